The fraction of sp³-hybridized carbons (Fsp3) is 0.250. The van der Waals surface area contributed by atoms with Crippen LogP contribution in [0.25, 0.3) is 0 Å². The van der Waals surface area contributed by atoms with Gasteiger partial charge in [0.2, 0.25) is 5.78 Å². The Bertz CT molecular complexity index is 604. The van der Waals surface area contributed by atoms with Gasteiger partial charge in [-0.15, -0.1) is 0 Å². The van der Waals surface area contributed by atoms with Gasteiger partial charge < -0.3 is 14.5 Å². The quantitative estimate of drug-likeness (QED) is 0.627. The van der Waals surface area contributed by atoms with Crippen molar-refractivity contribution in [1.82, 2.24) is 4.98 Å². The number of carbonyl (C=O) groups excluding carboxylic acids is 2. The minimum Gasteiger partial charge on any atom is -0.496 e. The topological polar surface area (TPSA) is 68.4 Å². The lowest BCUT2D eigenvalue weighted by molar-refractivity contribution is -0.142. The summed E-state index contributed by atoms with van der Waals surface area (Å²) in [5.74, 6) is 0.0965. The molecule has 0 amide bonds. The number of ether oxygens (including phenoxy) is 2. The highest BCUT2D eigenvalue weighted by molar-refractivity contribution is 5.96. The fourth-order valence-electron chi connectivity index (χ4n) is 1.95. The monoisotopic (exact) mass is 287 g/mol. The van der Waals surface area contributed by atoms with Crippen molar-refractivity contribution in [3.63, 3.8) is 0 Å². The third-order valence-electron chi connectivity index (χ3n) is 3.05. The zero-order valence-electron chi connectivity index (χ0n) is 11.8. The minimum absolute atomic E-state index is 0.207. The molecule has 0 saturated heterocycles. The number of H-pyrrole nitrogens is 1. The summed E-state index contributed by atoms with van der Waals surface area (Å²) in [5.41, 5.74) is 1.38. The first-order chi connectivity index (χ1) is 10.2. The number of esters is 1. The number of benzene rings is 1. The second-order valence-electron chi connectivity index (χ2n) is 4.48. The number of aromatic nitrogens is 1. The SMILES string of the molecule is COc1ccccc1CCC(=O)OCC(=O)c1ccc[nH]1. The van der Waals surface area contributed by atoms with E-state index in [2.05, 4.69) is 4.98 Å². The van der Waals surface area contributed by atoms with Crippen LogP contribution in [0, 0.1) is 0 Å². The molecule has 1 aromatic carbocycles. The molecule has 1 heterocycles. The number of para-hydroxylation sites is 1. The molecule has 2 rings (SSSR count). The zero-order chi connectivity index (χ0) is 15.1. The van der Waals surface area contributed by atoms with Crippen LogP contribution in [0.4, 0.5) is 0 Å². The molecular weight excluding hydrogens is 270 g/mol. The van der Waals surface area contributed by atoms with E-state index in [1.165, 1.54) is 0 Å². The number of Topliss-reactive ketones (excluding diaryl/α,β-unsaturated/α-hetero) is 1. The van der Waals surface area contributed by atoms with Crippen LogP contribution in [0.1, 0.15) is 22.5 Å². The van der Waals surface area contributed by atoms with E-state index in [9.17, 15) is 9.59 Å². The Morgan fingerprint density at radius 1 is 1.14 bits per heavy atom. The van der Waals surface area contributed by atoms with E-state index in [0.717, 1.165) is 11.3 Å². The predicted molar refractivity (Wildman–Crippen MR) is 77.4 cm³/mol. The van der Waals surface area contributed by atoms with Crippen molar-refractivity contribution in [3.05, 3.63) is 53.9 Å². The number of carbonyl (C=O) groups is 2. The highest BCUT2D eigenvalue weighted by Crippen LogP contribution is 2.18. The first kappa shape index (κ1) is 14.8. The molecule has 110 valence electrons. The highest BCUT2D eigenvalue weighted by atomic mass is 16.5. The van der Waals surface area contributed by atoms with Gasteiger partial charge in [0.1, 0.15) is 5.75 Å². The van der Waals surface area contributed by atoms with E-state index in [4.69, 9.17) is 9.47 Å². The van der Waals surface area contributed by atoms with Crippen LogP contribution in [-0.4, -0.2) is 30.5 Å². The summed E-state index contributed by atoms with van der Waals surface area (Å²) >= 11 is 0. The van der Waals surface area contributed by atoms with Gasteiger partial charge in [-0.2, -0.15) is 0 Å². The molecule has 0 aliphatic carbocycles. The van der Waals surface area contributed by atoms with Crippen molar-refractivity contribution in [1.29, 1.82) is 0 Å². The predicted octanol–water partition coefficient (Wildman–Crippen LogP) is 2.38. The van der Waals surface area contributed by atoms with Gasteiger partial charge in [-0.1, -0.05) is 18.2 Å². The van der Waals surface area contributed by atoms with Crippen LogP contribution >= 0.6 is 0 Å². The van der Waals surface area contributed by atoms with Crippen LogP contribution < -0.4 is 4.74 Å². The molecule has 2 aromatic rings. The Hall–Kier alpha value is -2.56. The highest BCUT2D eigenvalue weighted by Gasteiger charge is 2.11. The molecule has 0 saturated carbocycles. The van der Waals surface area contributed by atoms with Gasteiger partial charge in [0.05, 0.1) is 12.8 Å². The maximum absolute atomic E-state index is 11.7. The van der Waals surface area contributed by atoms with Crippen LogP contribution in [-0.2, 0) is 16.0 Å². The van der Waals surface area contributed by atoms with Crippen molar-refractivity contribution in [2.45, 2.75) is 12.8 Å². The number of aryl methyl sites for hydroxylation is 1. The molecule has 0 unspecified atom stereocenters. The number of rotatable bonds is 7. The summed E-state index contributed by atoms with van der Waals surface area (Å²) in [5, 5.41) is 0. The van der Waals surface area contributed by atoms with E-state index >= 15 is 0 Å². The molecule has 0 fully saturated rings. The summed E-state index contributed by atoms with van der Waals surface area (Å²) in [6.07, 6.45) is 2.37. The van der Waals surface area contributed by atoms with E-state index in [0.29, 0.717) is 12.1 Å². The Morgan fingerprint density at radius 2 is 1.95 bits per heavy atom. The van der Waals surface area contributed by atoms with Gasteiger partial charge in [0, 0.05) is 12.6 Å². The first-order valence-electron chi connectivity index (χ1n) is 6.65. The number of nitrogens with one attached hydrogen (secondary N) is 1. The van der Waals surface area contributed by atoms with E-state index in [1.54, 1.807) is 25.4 Å². The first-order valence-corrected chi connectivity index (χ1v) is 6.65. The second kappa shape index (κ2) is 7.28. The molecule has 21 heavy (non-hydrogen) atoms. The van der Waals surface area contributed by atoms with Crippen molar-refractivity contribution >= 4 is 11.8 Å². The van der Waals surface area contributed by atoms with Gasteiger partial charge in [-0.3, -0.25) is 9.59 Å². The average molecular weight is 287 g/mol. The Labute approximate surface area is 122 Å². The molecular formula is C16H17NO4. The van der Waals surface area contributed by atoms with Crippen molar-refractivity contribution in [2.75, 3.05) is 13.7 Å². The zero-order valence-corrected chi connectivity index (χ0v) is 11.8. The van der Waals surface area contributed by atoms with Crippen molar-refractivity contribution < 1.29 is 19.1 Å². The normalized spacial score (nSPS) is 10.1. The van der Waals surface area contributed by atoms with Gasteiger partial charge in [-0.05, 0) is 30.2 Å². The molecule has 0 atom stereocenters. The van der Waals surface area contributed by atoms with Crippen LogP contribution in [0.3, 0.4) is 0 Å². The lowest BCUT2D eigenvalue weighted by Gasteiger charge is -2.07. The Kier molecular flexibility index (Phi) is 5.15. The summed E-state index contributed by atoms with van der Waals surface area (Å²) < 4.78 is 10.2. The minimum atomic E-state index is -0.402. The van der Waals surface area contributed by atoms with Crippen molar-refractivity contribution in [2.24, 2.45) is 0 Å². The summed E-state index contributed by atoms with van der Waals surface area (Å²) in [4.78, 5) is 26.1. The van der Waals surface area contributed by atoms with Gasteiger partial charge in [-0.25, -0.2) is 0 Å². The molecule has 0 aliphatic heterocycles. The van der Waals surface area contributed by atoms with Crippen LogP contribution in [0.5, 0.6) is 5.75 Å². The average Bonchev–Trinajstić information content (AvgIpc) is 3.05. The maximum atomic E-state index is 11.7. The molecule has 0 bridgehead atoms. The third-order valence-corrected chi connectivity index (χ3v) is 3.05. The van der Waals surface area contributed by atoms with E-state index < -0.39 is 5.97 Å². The van der Waals surface area contributed by atoms with Gasteiger partial charge >= 0.3 is 5.97 Å². The van der Waals surface area contributed by atoms with Crippen molar-refractivity contribution in [3.8, 4) is 5.75 Å². The number of hydrogen-bond donors (Lipinski definition) is 1. The summed E-state index contributed by atoms with van der Waals surface area (Å²) in [6.45, 7) is -0.245. The number of hydrogen-bond acceptors (Lipinski definition) is 4. The third kappa shape index (κ3) is 4.21. The molecule has 1 aromatic heterocycles. The summed E-state index contributed by atoms with van der Waals surface area (Å²) in [6, 6.07) is 10.9. The van der Waals surface area contributed by atoms with Crippen LogP contribution in [0.2, 0.25) is 0 Å². The molecule has 5 nitrogen and oxygen atoms in total. The molecule has 0 radical (unpaired) electrons. The molecule has 0 spiro atoms. The van der Waals surface area contributed by atoms with E-state index in [-0.39, 0.29) is 18.8 Å². The standard InChI is InChI=1S/C16H17NO4/c1-20-15-7-3-2-5-12(15)8-9-16(19)21-11-14(18)13-6-4-10-17-13/h2-7,10,17H,8-9,11H2,1H3. The largest absolute Gasteiger partial charge is 0.496 e. The van der Waals surface area contributed by atoms with Crippen LogP contribution in [0.15, 0.2) is 42.6 Å². The smallest absolute Gasteiger partial charge is 0.306 e. The number of methoxy groups -OCH3 is 1. The van der Waals surface area contributed by atoms with Gasteiger partial charge in [0.25, 0.3) is 0 Å². The lowest BCUT2D eigenvalue weighted by Crippen LogP contribution is -2.14. The fourth-order valence-corrected chi connectivity index (χ4v) is 1.95. The molecule has 0 aliphatic rings. The summed E-state index contributed by atoms with van der Waals surface area (Å²) in [7, 11) is 1.59. The number of ketones is 1. The Morgan fingerprint density at radius 3 is 2.67 bits per heavy atom. The lowest BCUT2D eigenvalue weighted by atomic mass is 10.1. The molecule has 1 N–H and O–H groups in total. The van der Waals surface area contributed by atoms with E-state index in [1.807, 2.05) is 24.3 Å². The van der Waals surface area contributed by atoms with Gasteiger partial charge in [0.15, 0.2) is 6.61 Å². The second-order valence-corrected chi connectivity index (χ2v) is 4.48. The number of aromatic amines is 1. The Balaban J connectivity index is 1.78. The molecule has 5 heteroatoms. The maximum Gasteiger partial charge on any atom is 0.306 e.